The number of nitrogens with zero attached hydrogens (tertiary/aromatic N) is 2. The number of nitrogens with two attached hydrogens (primary N) is 1. The minimum absolute atomic E-state index is 0.312. The number of hydrogen-bond donors (Lipinski definition) is 1. The summed E-state index contributed by atoms with van der Waals surface area (Å²) in [7, 11) is 0. The zero-order valence-corrected chi connectivity index (χ0v) is 10.9. The third kappa shape index (κ3) is 3.68. The summed E-state index contributed by atoms with van der Waals surface area (Å²) in [5, 5.41) is 0. The number of amides is 1. The van der Waals surface area contributed by atoms with Crippen molar-refractivity contribution in [3.63, 3.8) is 0 Å². The predicted molar refractivity (Wildman–Crippen MR) is 68.6 cm³/mol. The van der Waals surface area contributed by atoms with E-state index in [9.17, 15) is 4.79 Å². The summed E-state index contributed by atoms with van der Waals surface area (Å²) in [6.07, 6.45) is 4.49. The summed E-state index contributed by atoms with van der Waals surface area (Å²) in [5.74, 6) is 0.981. The van der Waals surface area contributed by atoms with E-state index in [2.05, 4.69) is 11.8 Å². The van der Waals surface area contributed by atoms with E-state index < -0.39 is 0 Å². The zero-order chi connectivity index (χ0) is 12.3. The normalized spacial score (nSPS) is 28.4. The molecule has 1 amide bonds. The highest BCUT2D eigenvalue weighted by Crippen LogP contribution is 2.16. The Bertz CT molecular complexity index is 261. The van der Waals surface area contributed by atoms with Gasteiger partial charge in [-0.15, -0.1) is 0 Å². The molecule has 2 aliphatic heterocycles. The Balaban J connectivity index is 1.76. The molecule has 2 fully saturated rings. The Hall–Kier alpha value is -0.610. The minimum Gasteiger partial charge on any atom is -0.341 e. The molecule has 1 atom stereocenters. The van der Waals surface area contributed by atoms with Gasteiger partial charge in [-0.2, -0.15) is 0 Å². The summed E-state index contributed by atoms with van der Waals surface area (Å²) >= 11 is 0. The van der Waals surface area contributed by atoms with E-state index in [1.807, 2.05) is 4.90 Å². The molecule has 0 radical (unpaired) electrons. The molecule has 2 heterocycles. The van der Waals surface area contributed by atoms with Crippen LogP contribution in [0.3, 0.4) is 0 Å². The standard InChI is InChI=1S/C13H25N3O/c1-11-3-2-6-16(9-11)13(17)10-15-7-4-12(14)5-8-15/h11-12H,2-10,14H2,1H3. The number of carbonyl (C=O) groups excluding carboxylic acids is 1. The van der Waals surface area contributed by atoms with Crippen molar-refractivity contribution >= 4 is 5.91 Å². The molecule has 0 aromatic heterocycles. The first-order valence-electron chi connectivity index (χ1n) is 6.91. The molecule has 2 N–H and O–H groups in total. The Kier molecular flexibility index (Phi) is 4.40. The van der Waals surface area contributed by atoms with E-state index in [0.29, 0.717) is 24.4 Å². The van der Waals surface area contributed by atoms with Crippen LogP contribution in [0.25, 0.3) is 0 Å². The monoisotopic (exact) mass is 239 g/mol. The molecule has 0 aromatic rings. The summed E-state index contributed by atoms with van der Waals surface area (Å²) < 4.78 is 0. The molecular formula is C13H25N3O. The van der Waals surface area contributed by atoms with Gasteiger partial charge in [0, 0.05) is 32.2 Å². The van der Waals surface area contributed by atoms with Crippen LogP contribution < -0.4 is 5.73 Å². The summed E-state index contributed by atoms with van der Waals surface area (Å²) in [6, 6.07) is 0.344. The van der Waals surface area contributed by atoms with E-state index in [0.717, 1.165) is 45.4 Å². The summed E-state index contributed by atoms with van der Waals surface area (Å²) in [5.41, 5.74) is 5.87. The van der Waals surface area contributed by atoms with Crippen LogP contribution in [0, 0.1) is 5.92 Å². The Morgan fingerprint density at radius 3 is 2.59 bits per heavy atom. The molecule has 4 heteroatoms. The molecule has 0 aromatic carbocycles. The Morgan fingerprint density at radius 2 is 1.94 bits per heavy atom. The van der Waals surface area contributed by atoms with Gasteiger partial charge in [0.05, 0.1) is 6.54 Å². The van der Waals surface area contributed by atoms with Gasteiger partial charge in [0.15, 0.2) is 0 Å². The molecule has 98 valence electrons. The largest absolute Gasteiger partial charge is 0.341 e. The molecule has 0 aliphatic carbocycles. The Morgan fingerprint density at radius 1 is 1.24 bits per heavy atom. The first kappa shape index (κ1) is 12.8. The quantitative estimate of drug-likeness (QED) is 0.770. The number of piperidine rings is 2. The van der Waals surface area contributed by atoms with Crippen molar-refractivity contribution in [1.82, 2.24) is 9.80 Å². The van der Waals surface area contributed by atoms with Crippen LogP contribution in [0.15, 0.2) is 0 Å². The molecule has 0 spiro atoms. The van der Waals surface area contributed by atoms with Gasteiger partial charge in [0.2, 0.25) is 5.91 Å². The first-order chi connectivity index (χ1) is 8.15. The van der Waals surface area contributed by atoms with Gasteiger partial charge in [0.25, 0.3) is 0 Å². The first-order valence-corrected chi connectivity index (χ1v) is 6.91. The molecule has 1 unspecified atom stereocenters. The molecule has 17 heavy (non-hydrogen) atoms. The minimum atomic E-state index is 0.312. The third-order valence-corrected chi connectivity index (χ3v) is 4.00. The summed E-state index contributed by atoms with van der Waals surface area (Å²) in [6.45, 7) is 6.70. The highest BCUT2D eigenvalue weighted by Gasteiger charge is 2.24. The maximum Gasteiger partial charge on any atom is 0.236 e. The van der Waals surface area contributed by atoms with Crippen LogP contribution in [0.5, 0.6) is 0 Å². The van der Waals surface area contributed by atoms with Crippen molar-refractivity contribution in [2.24, 2.45) is 11.7 Å². The SMILES string of the molecule is CC1CCCN(C(=O)CN2CCC(N)CC2)C1. The molecule has 0 saturated carbocycles. The topological polar surface area (TPSA) is 49.6 Å². The lowest BCUT2D eigenvalue weighted by molar-refractivity contribution is -0.134. The number of hydrogen-bond acceptors (Lipinski definition) is 3. The van der Waals surface area contributed by atoms with E-state index in [-0.39, 0.29) is 0 Å². The molecule has 2 saturated heterocycles. The lowest BCUT2D eigenvalue weighted by atomic mass is 10.00. The third-order valence-electron chi connectivity index (χ3n) is 4.00. The van der Waals surface area contributed by atoms with Crippen LogP contribution in [-0.4, -0.2) is 54.5 Å². The van der Waals surface area contributed by atoms with Gasteiger partial charge in [-0.1, -0.05) is 6.92 Å². The maximum absolute atomic E-state index is 12.1. The van der Waals surface area contributed by atoms with Gasteiger partial charge in [0.1, 0.15) is 0 Å². The second kappa shape index (κ2) is 5.83. The van der Waals surface area contributed by atoms with Crippen LogP contribution in [-0.2, 0) is 4.79 Å². The number of likely N-dealkylation sites (tertiary alicyclic amines) is 2. The van der Waals surface area contributed by atoms with E-state index in [1.165, 1.54) is 6.42 Å². The highest BCUT2D eigenvalue weighted by atomic mass is 16.2. The van der Waals surface area contributed by atoms with Crippen molar-refractivity contribution in [2.45, 2.75) is 38.6 Å². The second-order valence-corrected chi connectivity index (χ2v) is 5.70. The predicted octanol–water partition coefficient (Wildman–Crippen LogP) is 0.668. The lowest BCUT2D eigenvalue weighted by Crippen LogP contribution is -2.47. The van der Waals surface area contributed by atoms with E-state index >= 15 is 0 Å². The number of carbonyl (C=O) groups is 1. The van der Waals surface area contributed by atoms with Crippen molar-refractivity contribution in [1.29, 1.82) is 0 Å². The van der Waals surface area contributed by atoms with Crippen molar-refractivity contribution < 1.29 is 4.79 Å². The zero-order valence-electron chi connectivity index (χ0n) is 10.9. The van der Waals surface area contributed by atoms with Crippen molar-refractivity contribution in [2.75, 3.05) is 32.7 Å². The lowest BCUT2D eigenvalue weighted by Gasteiger charge is -2.34. The van der Waals surface area contributed by atoms with E-state index in [1.54, 1.807) is 0 Å². The van der Waals surface area contributed by atoms with Crippen molar-refractivity contribution in [3.8, 4) is 0 Å². The fraction of sp³-hybridized carbons (Fsp3) is 0.923. The van der Waals surface area contributed by atoms with Gasteiger partial charge >= 0.3 is 0 Å². The van der Waals surface area contributed by atoms with Crippen LogP contribution in [0.4, 0.5) is 0 Å². The second-order valence-electron chi connectivity index (χ2n) is 5.70. The van der Waals surface area contributed by atoms with Gasteiger partial charge in [-0.05, 0) is 31.6 Å². The summed E-state index contributed by atoms with van der Waals surface area (Å²) in [4.78, 5) is 16.4. The van der Waals surface area contributed by atoms with Crippen LogP contribution >= 0.6 is 0 Å². The Labute approximate surface area is 104 Å². The van der Waals surface area contributed by atoms with Gasteiger partial charge < -0.3 is 10.6 Å². The molecule has 0 bridgehead atoms. The smallest absolute Gasteiger partial charge is 0.236 e. The van der Waals surface area contributed by atoms with Crippen LogP contribution in [0.1, 0.15) is 32.6 Å². The highest BCUT2D eigenvalue weighted by molar-refractivity contribution is 5.78. The molecular weight excluding hydrogens is 214 g/mol. The van der Waals surface area contributed by atoms with Gasteiger partial charge in [-0.25, -0.2) is 0 Å². The van der Waals surface area contributed by atoms with Crippen LogP contribution in [0.2, 0.25) is 0 Å². The average Bonchev–Trinajstić information content (AvgIpc) is 2.32. The molecule has 2 aliphatic rings. The van der Waals surface area contributed by atoms with E-state index in [4.69, 9.17) is 5.73 Å². The fourth-order valence-electron chi connectivity index (χ4n) is 2.82. The maximum atomic E-state index is 12.1. The number of rotatable bonds is 2. The fourth-order valence-corrected chi connectivity index (χ4v) is 2.82. The molecule has 4 nitrogen and oxygen atoms in total. The van der Waals surface area contributed by atoms with Crippen molar-refractivity contribution in [3.05, 3.63) is 0 Å². The van der Waals surface area contributed by atoms with Gasteiger partial charge in [-0.3, -0.25) is 9.69 Å². The molecule has 2 rings (SSSR count). The average molecular weight is 239 g/mol.